The molecule has 0 amide bonds. The van der Waals surface area contributed by atoms with Crippen LogP contribution in [0.2, 0.25) is 0 Å². The SMILES string of the molecule is CCCCCCCCCC(=O)O[C@H](COC(=O)CCC)COP(=O)(O)O. The Morgan fingerprint density at radius 3 is 2.04 bits per heavy atom. The highest BCUT2D eigenvalue weighted by Gasteiger charge is 2.22. The third-order valence-corrected chi connectivity index (χ3v) is 4.08. The van der Waals surface area contributed by atoms with Crippen molar-refractivity contribution in [3.63, 3.8) is 0 Å². The van der Waals surface area contributed by atoms with Crippen LogP contribution in [0.3, 0.4) is 0 Å². The maximum atomic E-state index is 11.9. The molecule has 0 aromatic rings. The van der Waals surface area contributed by atoms with E-state index in [4.69, 9.17) is 19.3 Å². The predicted octanol–water partition coefficient (Wildman–Crippen LogP) is 3.49. The summed E-state index contributed by atoms with van der Waals surface area (Å²) in [5, 5.41) is 0. The van der Waals surface area contributed by atoms with Crippen molar-refractivity contribution in [2.45, 2.75) is 84.2 Å². The summed E-state index contributed by atoms with van der Waals surface area (Å²) >= 11 is 0. The molecule has 0 unspecified atom stereocenters. The molecular formula is C17H33O8P. The van der Waals surface area contributed by atoms with Gasteiger partial charge in [0.15, 0.2) is 6.10 Å². The zero-order valence-electron chi connectivity index (χ0n) is 15.9. The summed E-state index contributed by atoms with van der Waals surface area (Å²) in [6, 6.07) is 0. The number of rotatable bonds is 16. The van der Waals surface area contributed by atoms with Crippen molar-refractivity contribution < 1.29 is 37.9 Å². The van der Waals surface area contributed by atoms with Crippen molar-refractivity contribution in [3.05, 3.63) is 0 Å². The highest BCUT2D eigenvalue weighted by Crippen LogP contribution is 2.35. The molecule has 0 aliphatic heterocycles. The van der Waals surface area contributed by atoms with E-state index in [1.54, 1.807) is 0 Å². The van der Waals surface area contributed by atoms with E-state index in [2.05, 4.69) is 11.4 Å². The van der Waals surface area contributed by atoms with E-state index < -0.39 is 32.5 Å². The lowest BCUT2D eigenvalue weighted by molar-refractivity contribution is -0.161. The molecule has 2 N–H and O–H groups in total. The molecule has 0 aliphatic carbocycles. The third kappa shape index (κ3) is 16.5. The zero-order chi connectivity index (χ0) is 19.8. The van der Waals surface area contributed by atoms with Gasteiger partial charge in [-0.2, -0.15) is 0 Å². The Bertz CT molecular complexity index is 434. The molecule has 0 rings (SSSR count). The monoisotopic (exact) mass is 396 g/mol. The first-order valence-electron chi connectivity index (χ1n) is 9.33. The van der Waals surface area contributed by atoms with E-state index >= 15 is 0 Å². The molecule has 0 fully saturated rings. The van der Waals surface area contributed by atoms with Crippen molar-refractivity contribution in [2.75, 3.05) is 13.2 Å². The van der Waals surface area contributed by atoms with Crippen molar-refractivity contribution in [1.29, 1.82) is 0 Å². The van der Waals surface area contributed by atoms with Crippen LogP contribution in [-0.2, 0) is 28.2 Å². The molecule has 0 heterocycles. The van der Waals surface area contributed by atoms with Crippen LogP contribution >= 0.6 is 7.82 Å². The molecule has 1 atom stereocenters. The third-order valence-electron chi connectivity index (χ3n) is 3.60. The summed E-state index contributed by atoms with van der Waals surface area (Å²) in [6.07, 6.45) is 7.43. The molecular weight excluding hydrogens is 363 g/mol. The number of phosphoric ester groups is 1. The zero-order valence-corrected chi connectivity index (χ0v) is 16.7. The highest BCUT2D eigenvalue weighted by atomic mass is 31.2. The Morgan fingerprint density at radius 2 is 1.46 bits per heavy atom. The molecule has 0 saturated heterocycles. The number of phosphoric acid groups is 1. The summed E-state index contributed by atoms with van der Waals surface area (Å²) in [5.41, 5.74) is 0. The van der Waals surface area contributed by atoms with E-state index in [0.29, 0.717) is 12.8 Å². The van der Waals surface area contributed by atoms with Gasteiger partial charge in [-0.25, -0.2) is 4.57 Å². The maximum Gasteiger partial charge on any atom is 0.469 e. The number of hydrogen-bond donors (Lipinski definition) is 2. The summed E-state index contributed by atoms with van der Waals surface area (Å²) in [5.74, 6) is -0.957. The quantitative estimate of drug-likeness (QED) is 0.231. The first-order valence-corrected chi connectivity index (χ1v) is 10.9. The average molecular weight is 396 g/mol. The van der Waals surface area contributed by atoms with Gasteiger partial charge in [0.1, 0.15) is 6.61 Å². The second-order valence-electron chi connectivity index (χ2n) is 6.20. The maximum absolute atomic E-state index is 11.9. The molecule has 0 bridgehead atoms. The van der Waals surface area contributed by atoms with Gasteiger partial charge in [0.05, 0.1) is 6.61 Å². The Labute approximate surface area is 155 Å². The van der Waals surface area contributed by atoms with Crippen molar-refractivity contribution >= 4 is 19.8 Å². The van der Waals surface area contributed by atoms with Gasteiger partial charge in [-0.1, -0.05) is 52.4 Å². The summed E-state index contributed by atoms with van der Waals surface area (Å²) in [7, 11) is -4.69. The van der Waals surface area contributed by atoms with Crippen molar-refractivity contribution in [1.82, 2.24) is 0 Å². The molecule has 0 spiro atoms. The number of hydrogen-bond acceptors (Lipinski definition) is 6. The van der Waals surface area contributed by atoms with Crippen molar-refractivity contribution in [2.24, 2.45) is 0 Å². The normalized spacial score (nSPS) is 12.6. The highest BCUT2D eigenvalue weighted by molar-refractivity contribution is 7.46. The lowest BCUT2D eigenvalue weighted by Gasteiger charge is -2.18. The lowest BCUT2D eigenvalue weighted by Crippen LogP contribution is -2.29. The minimum absolute atomic E-state index is 0.211. The largest absolute Gasteiger partial charge is 0.469 e. The number of esters is 2. The molecule has 0 aromatic carbocycles. The summed E-state index contributed by atoms with van der Waals surface area (Å²) in [6.45, 7) is 3.15. The minimum atomic E-state index is -4.69. The molecule has 0 aliphatic rings. The van der Waals surface area contributed by atoms with Gasteiger partial charge >= 0.3 is 19.8 Å². The molecule has 0 radical (unpaired) electrons. The summed E-state index contributed by atoms with van der Waals surface area (Å²) < 4.78 is 25.2. The van der Waals surface area contributed by atoms with Crippen molar-refractivity contribution in [3.8, 4) is 0 Å². The fraction of sp³-hybridized carbons (Fsp3) is 0.882. The van der Waals surface area contributed by atoms with Gasteiger partial charge in [0.2, 0.25) is 0 Å². The fourth-order valence-corrected chi connectivity index (χ4v) is 2.59. The first kappa shape index (κ1) is 25.1. The smallest absolute Gasteiger partial charge is 0.462 e. The Hall–Kier alpha value is -0.950. The van der Waals surface area contributed by atoms with Gasteiger partial charge in [-0.3, -0.25) is 14.1 Å². The van der Waals surface area contributed by atoms with Crippen LogP contribution in [0.5, 0.6) is 0 Å². The van der Waals surface area contributed by atoms with Gasteiger partial charge in [-0.05, 0) is 12.8 Å². The van der Waals surface area contributed by atoms with E-state index in [-0.39, 0.29) is 19.4 Å². The standard InChI is InChI=1S/C17H33O8P/c1-3-5-6-7-8-9-10-12-17(19)25-15(14-24-26(20,21)22)13-23-16(18)11-4-2/h15H,3-14H2,1-2H3,(H2,20,21,22)/t15-/m1/s1. The first-order chi connectivity index (χ1) is 12.3. The molecule has 9 heteroatoms. The van der Waals surface area contributed by atoms with Crippen LogP contribution in [0.25, 0.3) is 0 Å². The van der Waals surface area contributed by atoms with Crippen LogP contribution in [0.1, 0.15) is 78.1 Å². The topological polar surface area (TPSA) is 119 Å². The van der Waals surface area contributed by atoms with Crippen LogP contribution < -0.4 is 0 Å². The van der Waals surface area contributed by atoms with E-state index in [9.17, 15) is 14.2 Å². The molecule has 8 nitrogen and oxygen atoms in total. The van der Waals surface area contributed by atoms with E-state index in [0.717, 1.165) is 19.3 Å². The number of unbranched alkanes of at least 4 members (excludes halogenated alkanes) is 6. The number of ether oxygens (including phenoxy) is 2. The predicted molar refractivity (Wildman–Crippen MR) is 96.4 cm³/mol. The Balaban J connectivity index is 4.17. The fourth-order valence-electron chi connectivity index (χ4n) is 2.23. The molecule has 0 saturated carbocycles. The number of carbonyl (C=O) groups excluding carboxylic acids is 2. The molecule has 0 aromatic heterocycles. The minimum Gasteiger partial charge on any atom is -0.462 e. The van der Waals surface area contributed by atoms with Crippen LogP contribution in [0, 0.1) is 0 Å². The van der Waals surface area contributed by atoms with E-state index in [1.807, 2.05) is 6.92 Å². The van der Waals surface area contributed by atoms with Crippen LogP contribution in [0.4, 0.5) is 0 Å². The van der Waals surface area contributed by atoms with Crippen LogP contribution in [0.15, 0.2) is 0 Å². The second kappa shape index (κ2) is 15.1. The lowest BCUT2D eigenvalue weighted by atomic mass is 10.1. The van der Waals surface area contributed by atoms with Gasteiger partial charge in [0, 0.05) is 12.8 Å². The molecule has 26 heavy (non-hydrogen) atoms. The number of carbonyl (C=O) groups is 2. The second-order valence-corrected chi connectivity index (χ2v) is 7.44. The molecule has 154 valence electrons. The van der Waals surface area contributed by atoms with Gasteiger partial charge in [-0.15, -0.1) is 0 Å². The summed E-state index contributed by atoms with van der Waals surface area (Å²) in [4.78, 5) is 40.8. The van der Waals surface area contributed by atoms with Gasteiger partial charge in [0.25, 0.3) is 0 Å². The van der Waals surface area contributed by atoms with E-state index in [1.165, 1.54) is 19.3 Å². The Morgan fingerprint density at radius 1 is 0.846 bits per heavy atom. The van der Waals surface area contributed by atoms with Crippen LogP contribution in [-0.4, -0.2) is 41.0 Å². The average Bonchev–Trinajstić information content (AvgIpc) is 2.56. The Kier molecular flexibility index (Phi) is 14.6. The van der Waals surface area contributed by atoms with Gasteiger partial charge < -0.3 is 19.3 Å².